The van der Waals surface area contributed by atoms with Crippen LogP contribution in [0.1, 0.15) is 27.2 Å². The molecule has 2 atom stereocenters. The van der Waals surface area contributed by atoms with E-state index in [-0.39, 0.29) is 12.0 Å². The van der Waals surface area contributed by atoms with Crippen molar-refractivity contribution < 1.29 is 14.6 Å². The van der Waals surface area contributed by atoms with Gasteiger partial charge in [-0.15, -0.1) is 0 Å². The van der Waals surface area contributed by atoms with Crippen molar-refractivity contribution in [1.82, 2.24) is 5.32 Å². The molecule has 2 N–H and O–H groups in total. The first kappa shape index (κ1) is 15.7. The molecule has 0 saturated heterocycles. The number of esters is 1. The van der Waals surface area contributed by atoms with E-state index in [0.29, 0.717) is 25.3 Å². The average Bonchev–Trinajstić information content (AvgIpc) is 2.18. The van der Waals surface area contributed by atoms with Crippen LogP contribution in [0.25, 0.3) is 0 Å². The molecular weight excluding hydrogens is 226 g/mol. The van der Waals surface area contributed by atoms with Crippen LogP contribution in [-0.4, -0.2) is 47.9 Å². The number of aliphatic hydroxyl groups is 1. The highest BCUT2D eigenvalue weighted by atomic mass is 32.2. The fraction of sp³-hybridized carbons (Fsp3) is 0.909. The number of thioether (sulfide) groups is 1. The summed E-state index contributed by atoms with van der Waals surface area (Å²) in [7, 11) is 0. The Morgan fingerprint density at radius 1 is 1.56 bits per heavy atom. The van der Waals surface area contributed by atoms with Gasteiger partial charge in [-0.1, -0.05) is 6.92 Å². The molecule has 0 rings (SSSR count). The number of hydrogen-bond donors (Lipinski definition) is 2. The Balaban J connectivity index is 4.08. The predicted octanol–water partition coefficient (Wildman–Crippen LogP) is 1.03. The third kappa shape index (κ3) is 6.35. The summed E-state index contributed by atoms with van der Waals surface area (Å²) < 4.78 is 4.93. The molecule has 0 aromatic carbocycles. The van der Waals surface area contributed by atoms with Crippen LogP contribution in [-0.2, 0) is 9.53 Å². The fourth-order valence-corrected chi connectivity index (χ4v) is 2.07. The van der Waals surface area contributed by atoms with E-state index in [1.165, 1.54) is 0 Å². The van der Waals surface area contributed by atoms with Gasteiger partial charge in [-0.25, -0.2) is 0 Å². The van der Waals surface area contributed by atoms with E-state index in [2.05, 4.69) is 5.32 Å². The molecule has 0 aliphatic heterocycles. The average molecular weight is 249 g/mol. The lowest BCUT2D eigenvalue weighted by Crippen LogP contribution is -2.47. The zero-order valence-corrected chi connectivity index (χ0v) is 11.4. The van der Waals surface area contributed by atoms with E-state index in [9.17, 15) is 9.90 Å². The summed E-state index contributed by atoms with van der Waals surface area (Å²) in [5, 5.41) is 13.0. The molecule has 0 spiro atoms. The SMILES string of the molecule is CCOC(=O)C(CC)NCC(C)(O)CSC. The van der Waals surface area contributed by atoms with Gasteiger partial charge in [-0.2, -0.15) is 11.8 Å². The zero-order chi connectivity index (χ0) is 12.6. The molecule has 0 aliphatic carbocycles. The Bertz CT molecular complexity index is 209. The molecule has 2 unspecified atom stereocenters. The predicted molar refractivity (Wildman–Crippen MR) is 67.7 cm³/mol. The molecule has 96 valence electrons. The Kier molecular flexibility index (Phi) is 7.80. The van der Waals surface area contributed by atoms with Gasteiger partial charge in [-0.05, 0) is 26.5 Å². The van der Waals surface area contributed by atoms with Crippen LogP contribution in [0.4, 0.5) is 0 Å². The smallest absolute Gasteiger partial charge is 0.323 e. The summed E-state index contributed by atoms with van der Waals surface area (Å²) in [6.45, 7) is 6.24. The van der Waals surface area contributed by atoms with Crippen LogP contribution in [0.3, 0.4) is 0 Å². The third-order valence-corrected chi connectivity index (χ3v) is 3.07. The molecule has 0 saturated carbocycles. The summed E-state index contributed by atoms with van der Waals surface area (Å²) in [5.41, 5.74) is -0.792. The normalized spacial score (nSPS) is 16.6. The zero-order valence-electron chi connectivity index (χ0n) is 10.6. The van der Waals surface area contributed by atoms with Crippen LogP contribution in [0.2, 0.25) is 0 Å². The molecule has 4 nitrogen and oxygen atoms in total. The highest BCUT2D eigenvalue weighted by Crippen LogP contribution is 2.10. The van der Waals surface area contributed by atoms with Crippen molar-refractivity contribution in [3.63, 3.8) is 0 Å². The molecular formula is C11H23NO3S. The van der Waals surface area contributed by atoms with Crippen molar-refractivity contribution in [3.05, 3.63) is 0 Å². The standard InChI is InChI=1S/C11H23NO3S/c1-5-9(10(13)15-6-2)12-7-11(3,14)8-16-4/h9,12,14H,5-8H2,1-4H3. The molecule has 0 aromatic heterocycles. The summed E-state index contributed by atoms with van der Waals surface area (Å²) in [6.07, 6.45) is 2.60. The lowest BCUT2D eigenvalue weighted by Gasteiger charge is -2.25. The van der Waals surface area contributed by atoms with E-state index < -0.39 is 5.60 Å². The van der Waals surface area contributed by atoms with Gasteiger partial charge in [0.1, 0.15) is 6.04 Å². The number of ether oxygens (including phenoxy) is 1. The summed E-state index contributed by atoms with van der Waals surface area (Å²) in [6, 6.07) is -0.326. The van der Waals surface area contributed by atoms with Crippen LogP contribution < -0.4 is 5.32 Å². The Morgan fingerprint density at radius 2 is 2.19 bits per heavy atom. The quantitative estimate of drug-likeness (QED) is 0.629. The first-order valence-corrected chi connectivity index (χ1v) is 6.97. The van der Waals surface area contributed by atoms with Gasteiger partial charge in [0, 0.05) is 12.3 Å². The maximum absolute atomic E-state index is 11.5. The molecule has 0 aliphatic rings. The van der Waals surface area contributed by atoms with Gasteiger partial charge in [0.15, 0.2) is 0 Å². The highest BCUT2D eigenvalue weighted by molar-refractivity contribution is 7.98. The van der Waals surface area contributed by atoms with Gasteiger partial charge in [0.25, 0.3) is 0 Å². The van der Waals surface area contributed by atoms with Crippen LogP contribution in [0.15, 0.2) is 0 Å². The van der Waals surface area contributed by atoms with Crippen LogP contribution in [0.5, 0.6) is 0 Å². The molecule has 16 heavy (non-hydrogen) atoms. The topological polar surface area (TPSA) is 58.6 Å². The Hall–Kier alpha value is -0.260. The van der Waals surface area contributed by atoms with Crippen molar-refractivity contribution >= 4 is 17.7 Å². The fourth-order valence-electron chi connectivity index (χ4n) is 1.34. The number of rotatable bonds is 8. The second-order valence-corrected chi connectivity index (χ2v) is 4.89. The molecule has 0 bridgehead atoms. The van der Waals surface area contributed by atoms with E-state index in [1.807, 2.05) is 13.2 Å². The second-order valence-electron chi connectivity index (χ2n) is 4.02. The minimum Gasteiger partial charge on any atom is -0.465 e. The van der Waals surface area contributed by atoms with Crippen molar-refractivity contribution in [2.75, 3.05) is 25.2 Å². The van der Waals surface area contributed by atoms with E-state index in [4.69, 9.17) is 4.74 Å². The summed E-state index contributed by atoms with van der Waals surface area (Å²) in [5.74, 6) is 0.393. The minimum absolute atomic E-state index is 0.245. The summed E-state index contributed by atoms with van der Waals surface area (Å²) in [4.78, 5) is 11.5. The molecule has 0 radical (unpaired) electrons. The Morgan fingerprint density at radius 3 is 2.62 bits per heavy atom. The van der Waals surface area contributed by atoms with Crippen molar-refractivity contribution in [1.29, 1.82) is 0 Å². The third-order valence-electron chi connectivity index (χ3n) is 2.16. The van der Waals surface area contributed by atoms with Crippen molar-refractivity contribution in [2.24, 2.45) is 0 Å². The van der Waals surface area contributed by atoms with E-state index in [0.717, 1.165) is 0 Å². The molecule has 0 aromatic rings. The van der Waals surface area contributed by atoms with Gasteiger partial charge in [-0.3, -0.25) is 4.79 Å². The van der Waals surface area contributed by atoms with Gasteiger partial charge in [0.05, 0.1) is 12.2 Å². The van der Waals surface area contributed by atoms with Crippen LogP contribution in [0, 0.1) is 0 Å². The van der Waals surface area contributed by atoms with E-state index in [1.54, 1.807) is 25.6 Å². The lowest BCUT2D eigenvalue weighted by atomic mass is 10.1. The Labute approximate surface area is 102 Å². The first-order chi connectivity index (χ1) is 7.46. The number of nitrogens with one attached hydrogen (secondary N) is 1. The van der Waals surface area contributed by atoms with Gasteiger partial charge in [0.2, 0.25) is 0 Å². The number of carbonyl (C=O) groups excluding carboxylic acids is 1. The number of carbonyl (C=O) groups is 1. The molecule has 0 heterocycles. The maximum atomic E-state index is 11.5. The second kappa shape index (κ2) is 7.92. The minimum atomic E-state index is -0.792. The molecule has 0 amide bonds. The lowest BCUT2D eigenvalue weighted by molar-refractivity contribution is -0.145. The van der Waals surface area contributed by atoms with Crippen LogP contribution >= 0.6 is 11.8 Å². The molecule has 0 fully saturated rings. The van der Waals surface area contributed by atoms with Gasteiger partial charge >= 0.3 is 5.97 Å². The highest BCUT2D eigenvalue weighted by Gasteiger charge is 2.24. The largest absolute Gasteiger partial charge is 0.465 e. The molecule has 5 heteroatoms. The van der Waals surface area contributed by atoms with Gasteiger partial charge < -0.3 is 15.2 Å². The maximum Gasteiger partial charge on any atom is 0.323 e. The monoisotopic (exact) mass is 249 g/mol. The summed E-state index contributed by atoms with van der Waals surface area (Å²) >= 11 is 1.58. The van der Waals surface area contributed by atoms with Crippen molar-refractivity contribution in [3.8, 4) is 0 Å². The van der Waals surface area contributed by atoms with E-state index >= 15 is 0 Å². The first-order valence-electron chi connectivity index (χ1n) is 5.58. The van der Waals surface area contributed by atoms with Crippen molar-refractivity contribution in [2.45, 2.75) is 38.8 Å². The number of hydrogen-bond acceptors (Lipinski definition) is 5.